The van der Waals surface area contributed by atoms with E-state index in [0.717, 1.165) is 0 Å². The Morgan fingerprint density at radius 3 is 2.95 bits per heavy atom. The van der Waals surface area contributed by atoms with E-state index in [4.69, 9.17) is 9.15 Å². The predicted octanol–water partition coefficient (Wildman–Crippen LogP) is 1.98. The van der Waals surface area contributed by atoms with Crippen molar-refractivity contribution in [2.45, 2.75) is 6.10 Å². The Hall–Kier alpha value is -2.56. The minimum Gasteiger partial charge on any atom is -0.471 e. The quantitative estimate of drug-likeness (QED) is 0.797. The SMILES string of the molecule is O=C(/C=C/c1ccco1)N1CC(Oc2ccccn2)C1. The van der Waals surface area contributed by atoms with E-state index in [1.54, 1.807) is 41.6 Å². The van der Waals surface area contributed by atoms with E-state index in [0.29, 0.717) is 24.7 Å². The fraction of sp³-hybridized carbons (Fsp3) is 0.200. The summed E-state index contributed by atoms with van der Waals surface area (Å²) in [5.74, 6) is 1.22. The van der Waals surface area contributed by atoms with Gasteiger partial charge in [0.05, 0.1) is 19.4 Å². The fourth-order valence-electron chi connectivity index (χ4n) is 1.93. The van der Waals surface area contributed by atoms with Crippen LogP contribution in [0.25, 0.3) is 6.08 Å². The molecule has 0 spiro atoms. The summed E-state index contributed by atoms with van der Waals surface area (Å²) in [5, 5.41) is 0. The lowest BCUT2D eigenvalue weighted by atomic mass is 10.1. The first kappa shape index (κ1) is 12.5. The highest BCUT2D eigenvalue weighted by atomic mass is 16.5. The van der Waals surface area contributed by atoms with E-state index in [1.807, 2.05) is 12.1 Å². The highest BCUT2D eigenvalue weighted by molar-refractivity contribution is 5.92. The van der Waals surface area contributed by atoms with Crippen LogP contribution in [0.2, 0.25) is 0 Å². The van der Waals surface area contributed by atoms with Gasteiger partial charge in [0, 0.05) is 18.3 Å². The Bertz CT molecular complexity index is 587. The smallest absolute Gasteiger partial charge is 0.246 e. The molecule has 2 aromatic heterocycles. The van der Waals surface area contributed by atoms with Crippen LogP contribution in [0.5, 0.6) is 5.88 Å². The van der Waals surface area contributed by atoms with Gasteiger partial charge >= 0.3 is 0 Å². The molecule has 5 heteroatoms. The lowest BCUT2D eigenvalue weighted by Gasteiger charge is -2.37. The number of likely N-dealkylation sites (tertiary alicyclic amines) is 1. The van der Waals surface area contributed by atoms with Crippen molar-refractivity contribution in [2.24, 2.45) is 0 Å². The molecule has 0 N–H and O–H groups in total. The molecule has 0 aromatic carbocycles. The summed E-state index contributed by atoms with van der Waals surface area (Å²) in [6.07, 6.45) is 6.45. The number of rotatable bonds is 4. The topological polar surface area (TPSA) is 55.6 Å². The molecule has 0 unspecified atom stereocenters. The predicted molar refractivity (Wildman–Crippen MR) is 73.0 cm³/mol. The van der Waals surface area contributed by atoms with Gasteiger partial charge in [0.15, 0.2) is 0 Å². The van der Waals surface area contributed by atoms with E-state index >= 15 is 0 Å². The van der Waals surface area contributed by atoms with Crippen LogP contribution < -0.4 is 4.74 Å². The summed E-state index contributed by atoms with van der Waals surface area (Å²) >= 11 is 0. The molecule has 1 aliphatic rings. The lowest BCUT2D eigenvalue weighted by Crippen LogP contribution is -2.55. The van der Waals surface area contributed by atoms with Crippen LogP contribution in [0.3, 0.4) is 0 Å². The van der Waals surface area contributed by atoms with Crippen LogP contribution in [-0.2, 0) is 4.79 Å². The lowest BCUT2D eigenvalue weighted by molar-refractivity contribution is -0.134. The first-order chi connectivity index (χ1) is 9.81. The highest BCUT2D eigenvalue weighted by Gasteiger charge is 2.31. The molecule has 1 aliphatic heterocycles. The molecule has 5 nitrogen and oxygen atoms in total. The molecule has 102 valence electrons. The van der Waals surface area contributed by atoms with E-state index in [1.165, 1.54) is 6.08 Å². The number of carbonyl (C=O) groups is 1. The van der Waals surface area contributed by atoms with Crippen molar-refractivity contribution in [3.05, 3.63) is 54.6 Å². The molecule has 0 radical (unpaired) electrons. The molecule has 3 heterocycles. The summed E-state index contributed by atoms with van der Waals surface area (Å²) in [5.41, 5.74) is 0. The van der Waals surface area contributed by atoms with Gasteiger partial charge in [-0.2, -0.15) is 0 Å². The van der Waals surface area contributed by atoms with Crippen LogP contribution >= 0.6 is 0 Å². The Morgan fingerprint density at radius 2 is 2.25 bits per heavy atom. The second-order valence-corrected chi connectivity index (χ2v) is 4.50. The first-order valence-electron chi connectivity index (χ1n) is 6.39. The number of nitrogens with zero attached hydrogens (tertiary/aromatic N) is 2. The van der Waals surface area contributed by atoms with Crippen molar-refractivity contribution in [1.29, 1.82) is 0 Å². The maximum atomic E-state index is 11.8. The Kier molecular flexibility index (Phi) is 3.50. The Morgan fingerprint density at radius 1 is 1.35 bits per heavy atom. The highest BCUT2D eigenvalue weighted by Crippen LogP contribution is 2.16. The third kappa shape index (κ3) is 2.88. The van der Waals surface area contributed by atoms with Gasteiger partial charge in [-0.1, -0.05) is 6.07 Å². The first-order valence-corrected chi connectivity index (χ1v) is 6.39. The molecule has 1 saturated heterocycles. The number of amides is 1. The zero-order valence-corrected chi connectivity index (χ0v) is 10.8. The fourth-order valence-corrected chi connectivity index (χ4v) is 1.93. The second-order valence-electron chi connectivity index (χ2n) is 4.50. The average Bonchev–Trinajstić information content (AvgIpc) is 2.94. The van der Waals surface area contributed by atoms with Crippen LogP contribution in [0.1, 0.15) is 5.76 Å². The van der Waals surface area contributed by atoms with Gasteiger partial charge in [-0.25, -0.2) is 4.98 Å². The summed E-state index contributed by atoms with van der Waals surface area (Å²) in [4.78, 5) is 17.6. The normalized spacial score (nSPS) is 15.3. The van der Waals surface area contributed by atoms with Crippen molar-refractivity contribution < 1.29 is 13.9 Å². The molecular formula is C15H14N2O3. The van der Waals surface area contributed by atoms with E-state index in [-0.39, 0.29) is 12.0 Å². The number of aromatic nitrogens is 1. The van der Waals surface area contributed by atoms with Crippen molar-refractivity contribution in [1.82, 2.24) is 9.88 Å². The van der Waals surface area contributed by atoms with Crippen LogP contribution in [0.15, 0.2) is 53.3 Å². The van der Waals surface area contributed by atoms with Gasteiger partial charge in [0.25, 0.3) is 0 Å². The standard InChI is InChI=1S/C15H14N2O3/c18-15(7-6-12-4-3-9-19-12)17-10-13(11-17)20-14-5-1-2-8-16-14/h1-9,13H,10-11H2/b7-6+. The van der Waals surface area contributed by atoms with Crippen molar-refractivity contribution in [3.8, 4) is 5.88 Å². The third-order valence-electron chi connectivity index (χ3n) is 3.02. The van der Waals surface area contributed by atoms with Gasteiger partial charge in [-0.15, -0.1) is 0 Å². The van der Waals surface area contributed by atoms with Gasteiger partial charge in [-0.05, 0) is 24.3 Å². The summed E-state index contributed by atoms with van der Waals surface area (Å²) in [6.45, 7) is 1.16. The number of hydrogen-bond acceptors (Lipinski definition) is 4. The number of hydrogen-bond donors (Lipinski definition) is 0. The van der Waals surface area contributed by atoms with Crippen molar-refractivity contribution in [2.75, 3.05) is 13.1 Å². The summed E-state index contributed by atoms with van der Waals surface area (Å²) in [6, 6.07) is 9.09. The van der Waals surface area contributed by atoms with E-state index in [2.05, 4.69) is 4.98 Å². The monoisotopic (exact) mass is 270 g/mol. The zero-order valence-electron chi connectivity index (χ0n) is 10.8. The average molecular weight is 270 g/mol. The maximum Gasteiger partial charge on any atom is 0.246 e. The molecular weight excluding hydrogens is 256 g/mol. The number of furan rings is 1. The number of carbonyl (C=O) groups excluding carboxylic acids is 1. The molecule has 0 atom stereocenters. The van der Waals surface area contributed by atoms with Gasteiger partial charge in [-0.3, -0.25) is 4.79 Å². The summed E-state index contributed by atoms with van der Waals surface area (Å²) in [7, 11) is 0. The van der Waals surface area contributed by atoms with Gasteiger partial charge in [0.2, 0.25) is 11.8 Å². The molecule has 0 saturated carbocycles. The van der Waals surface area contributed by atoms with Crippen LogP contribution in [0, 0.1) is 0 Å². The number of pyridine rings is 1. The maximum absolute atomic E-state index is 11.8. The minimum absolute atomic E-state index is 0.0193. The van der Waals surface area contributed by atoms with Crippen LogP contribution in [0.4, 0.5) is 0 Å². The zero-order chi connectivity index (χ0) is 13.8. The van der Waals surface area contributed by atoms with Gasteiger partial charge < -0.3 is 14.1 Å². The van der Waals surface area contributed by atoms with Gasteiger partial charge in [0.1, 0.15) is 11.9 Å². The largest absolute Gasteiger partial charge is 0.471 e. The Labute approximate surface area is 116 Å². The molecule has 1 fully saturated rings. The van der Waals surface area contributed by atoms with Crippen LogP contribution in [-0.4, -0.2) is 35.0 Å². The molecule has 2 aromatic rings. The molecule has 3 rings (SSSR count). The van der Waals surface area contributed by atoms with Crippen molar-refractivity contribution in [3.63, 3.8) is 0 Å². The summed E-state index contributed by atoms with van der Waals surface area (Å²) < 4.78 is 10.8. The van der Waals surface area contributed by atoms with E-state index in [9.17, 15) is 4.79 Å². The third-order valence-corrected chi connectivity index (χ3v) is 3.02. The van der Waals surface area contributed by atoms with E-state index < -0.39 is 0 Å². The Balaban J connectivity index is 1.47. The molecule has 0 aliphatic carbocycles. The molecule has 1 amide bonds. The molecule has 20 heavy (non-hydrogen) atoms. The molecule has 0 bridgehead atoms. The second kappa shape index (κ2) is 5.61. The van der Waals surface area contributed by atoms with Crippen molar-refractivity contribution >= 4 is 12.0 Å². The number of ether oxygens (including phenoxy) is 1. The minimum atomic E-state index is -0.0396.